The summed E-state index contributed by atoms with van der Waals surface area (Å²) in [5.41, 5.74) is 7.83. The van der Waals surface area contributed by atoms with Crippen molar-refractivity contribution in [3.63, 3.8) is 0 Å². The number of nitrogens with one attached hydrogen (secondary N) is 1. The molecular formula is C37H44N6O4. The maximum absolute atomic E-state index is 13.2. The summed E-state index contributed by atoms with van der Waals surface area (Å²) in [6, 6.07) is 15.9. The first-order valence-corrected chi connectivity index (χ1v) is 16.5. The average Bonchev–Trinajstić information content (AvgIpc) is 3.09. The van der Waals surface area contributed by atoms with Gasteiger partial charge in [0.1, 0.15) is 11.6 Å². The van der Waals surface area contributed by atoms with Gasteiger partial charge < -0.3 is 20.1 Å². The highest BCUT2D eigenvalue weighted by molar-refractivity contribution is 5.95. The van der Waals surface area contributed by atoms with Gasteiger partial charge in [-0.3, -0.25) is 24.4 Å². The van der Waals surface area contributed by atoms with Gasteiger partial charge in [0.15, 0.2) is 5.82 Å². The summed E-state index contributed by atoms with van der Waals surface area (Å²) in [5, 5.41) is 14.2. The molecule has 10 nitrogen and oxygen atoms in total. The minimum atomic E-state index is -0.756. The van der Waals surface area contributed by atoms with E-state index < -0.39 is 12.0 Å². The number of piperidine rings is 1. The van der Waals surface area contributed by atoms with Crippen LogP contribution in [-0.4, -0.2) is 89.2 Å². The molecule has 0 spiro atoms. The average molecular weight is 637 g/mol. The third-order valence-corrected chi connectivity index (χ3v) is 9.60. The number of fused-ring (bicyclic) bond motifs is 1. The lowest BCUT2D eigenvalue weighted by Crippen LogP contribution is -2.44. The van der Waals surface area contributed by atoms with Gasteiger partial charge in [0, 0.05) is 68.8 Å². The molecule has 0 saturated carbocycles. The van der Waals surface area contributed by atoms with Gasteiger partial charge in [-0.1, -0.05) is 30.7 Å². The molecule has 2 saturated heterocycles. The number of anilines is 3. The summed E-state index contributed by atoms with van der Waals surface area (Å²) in [6.07, 6.45) is 6.71. The topological polar surface area (TPSA) is 111 Å². The molecule has 4 heterocycles. The first kappa shape index (κ1) is 32.6. The first-order valence-electron chi connectivity index (χ1n) is 16.5. The zero-order chi connectivity index (χ0) is 32.9. The van der Waals surface area contributed by atoms with E-state index in [2.05, 4.69) is 47.2 Å². The number of aliphatic carboxylic acids is 1. The minimum Gasteiger partial charge on any atom is -0.480 e. The van der Waals surface area contributed by atoms with E-state index in [0.717, 1.165) is 102 Å². The first-order chi connectivity index (χ1) is 22.8. The number of benzene rings is 2. The van der Waals surface area contributed by atoms with Gasteiger partial charge in [0.05, 0.1) is 13.2 Å². The Morgan fingerprint density at radius 3 is 2.55 bits per heavy atom. The second kappa shape index (κ2) is 14.6. The molecule has 10 heteroatoms. The number of morpholine rings is 1. The van der Waals surface area contributed by atoms with Crippen LogP contribution >= 0.6 is 0 Å². The summed E-state index contributed by atoms with van der Waals surface area (Å²) in [4.78, 5) is 40.5. The molecule has 2 aliphatic heterocycles. The normalized spacial score (nSPS) is 17.5. The zero-order valence-electron chi connectivity index (χ0n) is 27.5. The molecule has 0 radical (unpaired) electrons. The van der Waals surface area contributed by atoms with Crippen molar-refractivity contribution in [3.05, 3.63) is 77.6 Å². The van der Waals surface area contributed by atoms with Crippen molar-refractivity contribution in [2.45, 2.75) is 52.1 Å². The summed E-state index contributed by atoms with van der Waals surface area (Å²) >= 11 is 0. The Bertz CT molecular complexity index is 1750. The number of likely N-dealkylation sites (tertiary alicyclic amines) is 1. The summed E-state index contributed by atoms with van der Waals surface area (Å²) < 4.78 is 5.44. The standard InChI is InChI=1S/C37H44N6O4/c1-25-29(30-9-7-12-32(26(30)2)41(3)34(44)14-17-42-18-20-47-21-19-42)8-6-10-31(25)40-36-35-28(13-15-38-36)22-27(23-39-35)24-43-16-5-4-11-33(43)37(45)46/h6-10,12-13,15,22-23,33H,4-5,11,14,16-21,24H2,1-3H3,(H,38,40)(H,45,46). The van der Waals surface area contributed by atoms with Crippen LogP contribution in [0.2, 0.25) is 0 Å². The molecule has 1 atom stereocenters. The predicted octanol–water partition coefficient (Wildman–Crippen LogP) is 5.78. The molecule has 1 amide bonds. The van der Waals surface area contributed by atoms with E-state index in [0.29, 0.717) is 25.2 Å². The smallest absolute Gasteiger partial charge is 0.320 e. The fourth-order valence-corrected chi connectivity index (χ4v) is 6.83. The van der Waals surface area contributed by atoms with E-state index in [1.165, 1.54) is 0 Å². The Labute approximate surface area is 276 Å². The molecule has 2 aromatic carbocycles. The molecule has 2 aliphatic rings. The van der Waals surface area contributed by atoms with Crippen molar-refractivity contribution in [2.75, 3.05) is 56.7 Å². The van der Waals surface area contributed by atoms with Crippen molar-refractivity contribution in [1.82, 2.24) is 19.8 Å². The number of hydrogen-bond acceptors (Lipinski definition) is 8. The number of aromatic nitrogens is 2. The number of ether oxygens (including phenoxy) is 1. The number of rotatable bonds is 10. The summed E-state index contributed by atoms with van der Waals surface area (Å²) in [6.45, 7) is 9.42. The van der Waals surface area contributed by atoms with E-state index in [1.807, 2.05) is 48.5 Å². The van der Waals surface area contributed by atoms with Gasteiger partial charge in [-0.2, -0.15) is 0 Å². The molecule has 2 fully saturated rings. The SMILES string of the molecule is Cc1c(Nc2nccc3cc(CN4CCCCC4C(=O)O)cnc23)cccc1-c1cccc(N(C)C(=O)CCN2CCOCC2)c1C. The third-order valence-electron chi connectivity index (χ3n) is 9.60. The van der Waals surface area contributed by atoms with Crippen LogP contribution in [0, 0.1) is 13.8 Å². The largest absolute Gasteiger partial charge is 0.480 e. The number of amides is 1. The third kappa shape index (κ3) is 7.30. The molecule has 2 aromatic heterocycles. The zero-order valence-corrected chi connectivity index (χ0v) is 27.5. The lowest BCUT2D eigenvalue weighted by atomic mass is 9.94. The van der Waals surface area contributed by atoms with Gasteiger partial charge in [-0.15, -0.1) is 0 Å². The van der Waals surface area contributed by atoms with E-state index in [-0.39, 0.29) is 5.91 Å². The lowest BCUT2D eigenvalue weighted by molar-refractivity contribution is -0.144. The molecule has 0 aliphatic carbocycles. The van der Waals surface area contributed by atoms with Crippen LogP contribution in [0.1, 0.15) is 42.4 Å². The van der Waals surface area contributed by atoms with Crippen LogP contribution in [0.5, 0.6) is 0 Å². The number of carboxylic acid groups (broad SMARTS) is 1. The monoisotopic (exact) mass is 636 g/mol. The number of hydrogen-bond donors (Lipinski definition) is 2. The lowest BCUT2D eigenvalue weighted by Gasteiger charge is -2.32. The van der Waals surface area contributed by atoms with Crippen molar-refractivity contribution in [3.8, 4) is 11.1 Å². The van der Waals surface area contributed by atoms with Crippen molar-refractivity contribution >= 4 is 40.0 Å². The van der Waals surface area contributed by atoms with E-state index in [1.54, 1.807) is 11.1 Å². The molecule has 1 unspecified atom stereocenters. The van der Waals surface area contributed by atoms with Crippen molar-refractivity contribution in [2.24, 2.45) is 0 Å². The Balaban J connectivity index is 1.20. The number of nitrogens with zero attached hydrogens (tertiary/aromatic N) is 5. The van der Waals surface area contributed by atoms with Crippen LogP contribution in [0.3, 0.4) is 0 Å². The van der Waals surface area contributed by atoms with Crippen molar-refractivity contribution in [1.29, 1.82) is 0 Å². The van der Waals surface area contributed by atoms with Gasteiger partial charge in [0.2, 0.25) is 5.91 Å². The Kier molecular flexibility index (Phi) is 10.1. The van der Waals surface area contributed by atoms with Crippen LogP contribution in [0.4, 0.5) is 17.2 Å². The number of carbonyl (C=O) groups excluding carboxylic acids is 1. The van der Waals surface area contributed by atoms with Crippen LogP contribution in [0.15, 0.2) is 60.9 Å². The Morgan fingerprint density at radius 2 is 1.77 bits per heavy atom. The quantitative estimate of drug-likeness (QED) is 0.224. The van der Waals surface area contributed by atoms with Crippen molar-refractivity contribution < 1.29 is 19.4 Å². The second-order valence-electron chi connectivity index (χ2n) is 12.6. The number of carboxylic acids is 1. The fraction of sp³-hybridized carbons (Fsp3) is 0.405. The highest BCUT2D eigenvalue weighted by atomic mass is 16.5. The second-order valence-corrected chi connectivity index (χ2v) is 12.6. The number of carbonyl (C=O) groups is 2. The Hall–Kier alpha value is -4.38. The maximum atomic E-state index is 13.2. The molecule has 4 aromatic rings. The summed E-state index contributed by atoms with van der Waals surface area (Å²) in [5.74, 6) is -0.000370. The molecule has 2 N–H and O–H groups in total. The highest BCUT2D eigenvalue weighted by Gasteiger charge is 2.28. The van der Waals surface area contributed by atoms with E-state index >= 15 is 0 Å². The van der Waals surface area contributed by atoms with E-state index in [9.17, 15) is 14.7 Å². The fourth-order valence-electron chi connectivity index (χ4n) is 6.83. The predicted molar refractivity (Wildman–Crippen MR) is 185 cm³/mol. The van der Waals surface area contributed by atoms with Crippen LogP contribution < -0.4 is 10.2 Å². The maximum Gasteiger partial charge on any atom is 0.320 e. The highest BCUT2D eigenvalue weighted by Crippen LogP contribution is 2.36. The minimum absolute atomic E-state index is 0.0965. The van der Waals surface area contributed by atoms with Crippen LogP contribution in [-0.2, 0) is 20.9 Å². The molecular weight excluding hydrogens is 592 g/mol. The van der Waals surface area contributed by atoms with Gasteiger partial charge in [-0.05, 0) is 85.3 Å². The molecule has 0 bridgehead atoms. The van der Waals surface area contributed by atoms with E-state index in [4.69, 9.17) is 9.72 Å². The van der Waals surface area contributed by atoms with Crippen LogP contribution in [0.25, 0.3) is 22.0 Å². The van der Waals surface area contributed by atoms with Gasteiger partial charge in [-0.25, -0.2) is 4.98 Å². The summed E-state index contributed by atoms with van der Waals surface area (Å²) in [7, 11) is 1.86. The van der Waals surface area contributed by atoms with Gasteiger partial charge in [0.25, 0.3) is 0 Å². The van der Waals surface area contributed by atoms with Gasteiger partial charge >= 0.3 is 5.97 Å². The number of pyridine rings is 2. The molecule has 6 rings (SSSR count). The molecule has 47 heavy (non-hydrogen) atoms. The molecule has 246 valence electrons. The Morgan fingerprint density at radius 1 is 1.00 bits per heavy atom.